The number of sulfonamides is 1. The van der Waals surface area contributed by atoms with Gasteiger partial charge in [0, 0.05) is 36.6 Å². The Bertz CT molecular complexity index is 577. The van der Waals surface area contributed by atoms with Crippen molar-refractivity contribution >= 4 is 21.4 Å². The van der Waals surface area contributed by atoms with Gasteiger partial charge in [0.15, 0.2) is 0 Å². The van der Waals surface area contributed by atoms with Gasteiger partial charge >= 0.3 is 0 Å². The minimum atomic E-state index is -3.38. The number of hydrogen-bond acceptors (Lipinski definition) is 5. The van der Waals surface area contributed by atoms with E-state index in [4.69, 9.17) is 0 Å². The highest BCUT2D eigenvalue weighted by Crippen LogP contribution is 2.26. The van der Waals surface area contributed by atoms with Crippen LogP contribution in [0.4, 0.5) is 0 Å². The smallest absolute Gasteiger partial charge is 0.241 e. The number of hydrogen-bond donors (Lipinski definition) is 2. The molecule has 0 spiro atoms. The first-order chi connectivity index (χ1) is 10.1. The Balaban J connectivity index is 1.54. The van der Waals surface area contributed by atoms with Crippen LogP contribution in [-0.4, -0.2) is 45.5 Å². The molecule has 118 valence electrons. The highest BCUT2D eigenvalue weighted by atomic mass is 32.2. The van der Waals surface area contributed by atoms with Crippen molar-refractivity contribution in [2.45, 2.75) is 49.2 Å². The van der Waals surface area contributed by atoms with E-state index in [1.165, 1.54) is 37.0 Å². The normalized spacial score (nSPS) is 19.3. The molecule has 2 fully saturated rings. The number of nitrogens with one attached hydrogen (secondary N) is 2. The average molecular weight is 329 g/mol. The quantitative estimate of drug-likeness (QED) is 0.718. The molecule has 5 nitrogen and oxygen atoms in total. The molecule has 0 amide bonds. The molecular formula is C14H23N3O2S2. The van der Waals surface area contributed by atoms with Gasteiger partial charge in [-0.1, -0.05) is 0 Å². The number of rotatable bonds is 9. The Morgan fingerprint density at radius 1 is 1.33 bits per heavy atom. The van der Waals surface area contributed by atoms with Crippen LogP contribution in [0.1, 0.15) is 30.6 Å². The van der Waals surface area contributed by atoms with E-state index in [1.807, 2.05) is 5.38 Å². The highest BCUT2D eigenvalue weighted by molar-refractivity contribution is 7.89. The van der Waals surface area contributed by atoms with Crippen LogP contribution in [0, 0.1) is 0 Å². The first-order valence-corrected chi connectivity index (χ1v) is 9.92. The molecule has 2 aliphatic carbocycles. The molecule has 7 heteroatoms. The lowest BCUT2D eigenvalue weighted by Crippen LogP contribution is -2.34. The molecule has 21 heavy (non-hydrogen) atoms. The first-order valence-electron chi connectivity index (χ1n) is 7.56. The molecule has 0 aromatic carbocycles. The van der Waals surface area contributed by atoms with Gasteiger partial charge in [-0.15, -0.1) is 11.3 Å². The van der Waals surface area contributed by atoms with E-state index in [0.717, 1.165) is 11.4 Å². The van der Waals surface area contributed by atoms with Crippen molar-refractivity contribution in [3.05, 3.63) is 16.3 Å². The van der Waals surface area contributed by atoms with Gasteiger partial charge in [0.2, 0.25) is 10.0 Å². The van der Waals surface area contributed by atoms with Gasteiger partial charge in [0.1, 0.15) is 0 Å². The van der Waals surface area contributed by atoms with Crippen LogP contribution in [0.3, 0.4) is 0 Å². The molecule has 2 N–H and O–H groups in total. The van der Waals surface area contributed by atoms with Gasteiger partial charge in [-0.3, -0.25) is 0 Å². The molecule has 0 bridgehead atoms. The maximum atomic E-state index is 12.4. The third kappa shape index (κ3) is 4.26. The van der Waals surface area contributed by atoms with Gasteiger partial charge in [-0.05, 0) is 44.2 Å². The van der Waals surface area contributed by atoms with Crippen LogP contribution >= 0.6 is 11.3 Å². The Labute approximate surface area is 130 Å². The van der Waals surface area contributed by atoms with E-state index < -0.39 is 10.0 Å². The number of likely N-dealkylation sites (N-methyl/N-ethyl adjacent to an activating group) is 1. The van der Waals surface area contributed by atoms with Crippen LogP contribution in [0.2, 0.25) is 0 Å². The molecule has 0 aliphatic heterocycles. The van der Waals surface area contributed by atoms with E-state index in [2.05, 4.69) is 22.0 Å². The highest BCUT2D eigenvalue weighted by Gasteiger charge is 2.27. The number of thiophene rings is 1. The molecule has 2 saturated carbocycles. The minimum Gasteiger partial charge on any atom is -0.309 e. The van der Waals surface area contributed by atoms with E-state index in [-0.39, 0.29) is 0 Å². The van der Waals surface area contributed by atoms with Gasteiger partial charge in [0.05, 0.1) is 4.90 Å². The Morgan fingerprint density at radius 2 is 2.10 bits per heavy atom. The standard InChI is InChI=1S/C14H23N3O2S2/c1-17(12-4-5-12)8-7-16-21(18,19)14-6-9-20-13(14)10-15-11-2-3-11/h6,9,11-12,15-16H,2-5,7-8,10H2,1H3. The maximum absolute atomic E-state index is 12.4. The van der Waals surface area contributed by atoms with Crippen molar-refractivity contribution in [1.29, 1.82) is 0 Å². The van der Waals surface area contributed by atoms with E-state index in [0.29, 0.717) is 30.1 Å². The lowest BCUT2D eigenvalue weighted by molar-refractivity contribution is 0.329. The molecule has 0 saturated heterocycles. The van der Waals surface area contributed by atoms with Gasteiger partial charge < -0.3 is 10.2 Å². The zero-order chi connectivity index (χ0) is 14.9. The zero-order valence-corrected chi connectivity index (χ0v) is 14.0. The van der Waals surface area contributed by atoms with E-state index >= 15 is 0 Å². The van der Waals surface area contributed by atoms with Crippen LogP contribution in [0.25, 0.3) is 0 Å². The van der Waals surface area contributed by atoms with Crippen molar-refractivity contribution in [1.82, 2.24) is 14.9 Å². The summed E-state index contributed by atoms with van der Waals surface area (Å²) in [6.45, 7) is 1.89. The molecular weight excluding hydrogens is 306 g/mol. The van der Waals surface area contributed by atoms with Crippen molar-refractivity contribution in [3.63, 3.8) is 0 Å². The summed E-state index contributed by atoms with van der Waals surface area (Å²) in [5.74, 6) is 0. The first kappa shape index (κ1) is 15.4. The fourth-order valence-corrected chi connectivity index (χ4v) is 4.77. The fraction of sp³-hybridized carbons (Fsp3) is 0.714. The third-order valence-corrected chi connectivity index (χ3v) is 6.65. The summed E-state index contributed by atoms with van der Waals surface area (Å²) in [4.78, 5) is 3.57. The molecule has 1 heterocycles. The van der Waals surface area contributed by atoms with Gasteiger partial charge in [-0.2, -0.15) is 0 Å². The van der Waals surface area contributed by atoms with Gasteiger partial charge in [-0.25, -0.2) is 13.1 Å². The summed E-state index contributed by atoms with van der Waals surface area (Å²) in [6.07, 6.45) is 4.90. The van der Waals surface area contributed by atoms with Crippen molar-refractivity contribution in [2.75, 3.05) is 20.1 Å². The molecule has 3 rings (SSSR count). The lowest BCUT2D eigenvalue weighted by Gasteiger charge is -2.16. The summed E-state index contributed by atoms with van der Waals surface area (Å²) in [5.41, 5.74) is 0. The topological polar surface area (TPSA) is 61.4 Å². The molecule has 2 aliphatic rings. The summed E-state index contributed by atoms with van der Waals surface area (Å²) in [5, 5.41) is 5.23. The van der Waals surface area contributed by atoms with Gasteiger partial charge in [0.25, 0.3) is 0 Å². The summed E-state index contributed by atoms with van der Waals surface area (Å²) in [7, 11) is -1.33. The maximum Gasteiger partial charge on any atom is 0.241 e. The Kier molecular flexibility index (Phi) is 4.66. The van der Waals surface area contributed by atoms with Crippen molar-refractivity contribution in [2.24, 2.45) is 0 Å². The number of nitrogens with zero attached hydrogens (tertiary/aromatic N) is 1. The summed E-state index contributed by atoms with van der Waals surface area (Å²) < 4.78 is 27.5. The predicted molar refractivity (Wildman–Crippen MR) is 85.0 cm³/mol. The minimum absolute atomic E-state index is 0.440. The second kappa shape index (κ2) is 6.34. The monoisotopic (exact) mass is 329 g/mol. The second-order valence-corrected chi connectivity index (χ2v) is 8.71. The molecule has 0 atom stereocenters. The lowest BCUT2D eigenvalue weighted by atomic mass is 10.4. The molecule has 0 unspecified atom stereocenters. The SMILES string of the molecule is CN(CCNS(=O)(=O)c1ccsc1CNC1CC1)C1CC1. The zero-order valence-electron chi connectivity index (χ0n) is 12.3. The van der Waals surface area contributed by atoms with Crippen LogP contribution in [0.15, 0.2) is 16.3 Å². The second-order valence-electron chi connectivity index (χ2n) is 5.97. The summed E-state index contributed by atoms with van der Waals surface area (Å²) >= 11 is 1.51. The Hall–Kier alpha value is -0.470. The molecule has 1 aromatic rings. The van der Waals surface area contributed by atoms with Crippen molar-refractivity contribution < 1.29 is 8.42 Å². The molecule has 0 radical (unpaired) electrons. The van der Waals surface area contributed by atoms with Crippen LogP contribution in [0.5, 0.6) is 0 Å². The van der Waals surface area contributed by atoms with Crippen LogP contribution < -0.4 is 10.0 Å². The summed E-state index contributed by atoms with van der Waals surface area (Å²) in [6, 6.07) is 2.96. The van der Waals surface area contributed by atoms with E-state index in [1.54, 1.807) is 6.07 Å². The van der Waals surface area contributed by atoms with Crippen LogP contribution in [-0.2, 0) is 16.6 Å². The Morgan fingerprint density at radius 3 is 2.76 bits per heavy atom. The molecule has 1 aromatic heterocycles. The average Bonchev–Trinajstić information content (AvgIpc) is 3.35. The largest absolute Gasteiger partial charge is 0.309 e. The van der Waals surface area contributed by atoms with E-state index in [9.17, 15) is 8.42 Å². The van der Waals surface area contributed by atoms with Crippen molar-refractivity contribution in [3.8, 4) is 0 Å². The predicted octanol–water partition coefficient (Wildman–Crippen LogP) is 1.37. The third-order valence-electron chi connectivity index (χ3n) is 4.05. The fourth-order valence-electron chi connectivity index (χ4n) is 2.35.